The number of amides is 2. The fourth-order valence-corrected chi connectivity index (χ4v) is 3.69. The Morgan fingerprint density at radius 3 is 2.18 bits per heavy atom. The molecule has 2 fully saturated rings. The quantitative estimate of drug-likeness (QED) is 0.797. The van der Waals surface area contributed by atoms with E-state index in [1.165, 1.54) is 25.2 Å². The highest BCUT2D eigenvalue weighted by molar-refractivity contribution is 5.79. The number of carbonyl (C=O) groups excluding carboxylic acids is 2. The molecule has 28 heavy (non-hydrogen) atoms. The Morgan fingerprint density at radius 1 is 1.04 bits per heavy atom. The molecule has 0 atom stereocenters. The lowest BCUT2D eigenvalue weighted by molar-refractivity contribution is -0.109. The van der Waals surface area contributed by atoms with E-state index in [4.69, 9.17) is 4.74 Å². The average molecular weight is 390 g/mol. The zero-order valence-electron chi connectivity index (χ0n) is 17.5. The first kappa shape index (κ1) is 22.2. The highest BCUT2D eigenvalue weighted by Crippen LogP contribution is 2.21. The van der Waals surface area contributed by atoms with E-state index >= 15 is 0 Å². The first-order valence-electron chi connectivity index (χ1n) is 10.4. The van der Waals surface area contributed by atoms with E-state index in [9.17, 15) is 9.59 Å². The molecule has 1 aliphatic heterocycles. The molecule has 6 nitrogen and oxygen atoms in total. The maximum absolute atomic E-state index is 10.7. The van der Waals surface area contributed by atoms with E-state index < -0.39 is 6.09 Å². The van der Waals surface area contributed by atoms with Crippen LogP contribution in [0.15, 0.2) is 30.3 Å². The number of ether oxygens (including phenoxy) is 1. The maximum Gasteiger partial charge on any atom is 0.413 e. The summed E-state index contributed by atoms with van der Waals surface area (Å²) < 4.78 is 4.95. The van der Waals surface area contributed by atoms with Gasteiger partial charge < -0.3 is 9.64 Å². The van der Waals surface area contributed by atoms with Crippen LogP contribution in [0.4, 0.5) is 10.5 Å². The molecule has 3 rings (SSSR count). The number of nitrogens with zero attached hydrogens (tertiary/aromatic N) is 2. The number of nitrogens with one attached hydrogen (secondary N) is 1. The fourth-order valence-electron chi connectivity index (χ4n) is 3.69. The number of alkyl carbamates (subject to hydrolysis) is 1. The second kappa shape index (κ2) is 11.1. The normalized spacial score (nSPS) is 18.6. The highest BCUT2D eigenvalue weighted by Gasteiger charge is 2.25. The van der Waals surface area contributed by atoms with Gasteiger partial charge in [-0.05, 0) is 58.6 Å². The molecule has 1 heterocycles. The summed E-state index contributed by atoms with van der Waals surface area (Å²) in [6, 6.07) is 10.7. The molecule has 1 saturated heterocycles. The monoisotopic (exact) mass is 389 g/mol. The lowest BCUT2D eigenvalue weighted by atomic mass is 9.98. The number of carbonyl (C=O) groups is 2. The molecule has 1 aromatic rings. The predicted octanol–water partition coefficient (Wildman–Crippen LogP) is 3.81. The summed E-state index contributed by atoms with van der Waals surface area (Å²) in [4.78, 5) is 25.6. The van der Waals surface area contributed by atoms with Crippen molar-refractivity contribution in [3.05, 3.63) is 30.3 Å². The molecule has 1 N–H and O–H groups in total. The minimum atomic E-state index is -0.628. The van der Waals surface area contributed by atoms with E-state index in [2.05, 4.69) is 60.9 Å². The van der Waals surface area contributed by atoms with Crippen LogP contribution in [0.25, 0.3) is 0 Å². The van der Waals surface area contributed by atoms with Crippen molar-refractivity contribution in [2.75, 3.05) is 31.1 Å². The number of rotatable bonds is 3. The number of piperazine rings is 1. The van der Waals surface area contributed by atoms with Gasteiger partial charge in [0.05, 0.1) is 0 Å². The average Bonchev–Trinajstić information content (AvgIpc) is 2.70. The summed E-state index contributed by atoms with van der Waals surface area (Å²) in [5.41, 5.74) is 1.67. The lowest BCUT2D eigenvalue weighted by Crippen LogP contribution is -2.53. The van der Waals surface area contributed by atoms with Crippen LogP contribution in [0.3, 0.4) is 0 Å². The molecule has 0 radical (unpaired) electrons. The lowest BCUT2D eigenvalue weighted by Gasteiger charge is -2.43. The van der Waals surface area contributed by atoms with E-state index in [1.807, 2.05) is 5.32 Å². The first-order chi connectivity index (χ1) is 13.4. The number of para-hydroxylation sites is 1. The predicted molar refractivity (Wildman–Crippen MR) is 113 cm³/mol. The van der Waals surface area contributed by atoms with Gasteiger partial charge in [0.15, 0.2) is 0 Å². The molecule has 0 spiro atoms. The molecule has 2 amide bonds. The van der Waals surface area contributed by atoms with Gasteiger partial charge in [0.25, 0.3) is 0 Å². The Kier molecular flexibility index (Phi) is 8.77. The van der Waals surface area contributed by atoms with Crippen LogP contribution in [0.1, 0.15) is 52.9 Å². The highest BCUT2D eigenvalue weighted by atomic mass is 16.6. The van der Waals surface area contributed by atoms with E-state index in [1.54, 1.807) is 0 Å². The molecular formula is C22H35N3O3. The van der Waals surface area contributed by atoms with Gasteiger partial charge in [-0.15, -0.1) is 0 Å². The molecule has 0 bridgehead atoms. The molecule has 1 aliphatic carbocycles. The largest absolute Gasteiger partial charge is 0.446 e. The van der Waals surface area contributed by atoms with E-state index in [0.717, 1.165) is 38.8 Å². The standard InChI is InChI=1S/C14H22N2.C8H13NO3/c1-14(2,3)16-11-9-15(10-12-16)13-7-5-4-6-8-13;10-6-9-8(11)12-7-4-2-1-3-5-7/h4-8H,9-12H2,1-3H3;6-7H,1-5H2,(H,9,10,11). The molecule has 1 saturated carbocycles. The van der Waals surface area contributed by atoms with E-state index in [0.29, 0.717) is 11.9 Å². The number of hydrogen-bond acceptors (Lipinski definition) is 5. The van der Waals surface area contributed by atoms with E-state index in [-0.39, 0.29) is 6.10 Å². The van der Waals surface area contributed by atoms with Crippen LogP contribution in [0.2, 0.25) is 0 Å². The van der Waals surface area contributed by atoms with Crippen molar-refractivity contribution in [1.29, 1.82) is 0 Å². The van der Waals surface area contributed by atoms with Crippen molar-refractivity contribution < 1.29 is 14.3 Å². The second-order valence-corrected chi connectivity index (χ2v) is 8.41. The number of benzene rings is 1. The van der Waals surface area contributed by atoms with Crippen molar-refractivity contribution in [3.8, 4) is 0 Å². The summed E-state index contributed by atoms with van der Waals surface area (Å²) in [6.45, 7) is 11.5. The third-order valence-corrected chi connectivity index (χ3v) is 5.35. The van der Waals surface area contributed by atoms with Gasteiger partial charge in [-0.2, -0.15) is 0 Å². The SMILES string of the molecule is CC(C)(C)N1CCN(c2ccccc2)CC1.O=CNC(=O)OC1CCCCC1. The maximum atomic E-state index is 10.7. The Balaban J connectivity index is 0.000000209. The van der Waals surface area contributed by atoms with Crippen LogP contribution < -0.4 is 10.2 Å². The minimum absolute atomic E-state index is 0.0127. The van der Waals surface area contributed by atoms with Crippen molar-refractivity contribution in [3.63, 3.8) is 0 Å². The Labute approximate surface area is 169 Å². The van der Waals surface area contributed by atoms with Gasteiger partial charge in [0.1, 0.15) is 6.10 Å². The van der Waals surface area contributed by atoms with Crippen LogP contribution >= 0.6 is 0 Å². The van der Waals surface area contributed by atoms with Crippen molar-refractivity contribution >= 4 is 18.2 Å². The van der Waals surface area contributed by atoms with Crippen LogP contribution in [-0.4, -0.2) is 55.2 Å². The fraction of sp³-hybridized carbons (Fsp3) is 0.636. The second-order valence-electron chi connectivity index (χ2n) is 8.41. The zero-order valence-corrected chi connectivity index (χ0v) is 17.5. The van der Waals surface area contributed by atoms with Crippen molar-refractivity contribution in [2.45, 2.75) is 64.5 Å². The van der Waals surface area contributed by atoms with Crippen LogP contribution in [0, 0.1) is 0 Å². The van der Waals surface area contributed by atoms with Gasteiger partial charge in [-0.1, -0.05) is 24.6 Å². The van der Waals surface area contributed by atoms with Gasteiger partial charge >= 0.3 is 6.09 Å². The molecule has 0 unspecified atom stereocenters. The van der Waals surface area contributed by atoms with Crippen molar-refractivity contribution in [1.82, 2.24) is 10.2 Å². The Hall–Kier alpha value is -2.08. The molecule has 2 aliphatic rings. The topological polar surface area (TPSA) is 61.9 Å². The molecule has 1 aromatic carbocycles. The van der Waals surface area contributed by atoms with Crippen LogP contribution in [0.5, 0.6) is 0 Å². The van der Waals surface area contributed by atoms with Gasteiger partial charge in [0, 0.05) is 37.4 Å². The summed E-state index contributed by atoms with van der Waals surface area (Å²) >= 11 is 0. The Morgan fingerprint density at radius 2 is 1.64 bits per heavy atom. The number of hydrogen-bond donors (Lipinski definition) is 1. The van der Waals surface area contributed by atoms with Crippen LogP contribution in [-0.2, 0) is 9.53 Å². The first-order valence-corrected chi connectivity index (χ1v) is 10.4. The molecule has 6 heteroatoms. The summed E-state index contributed by atoms with van der Waals surface area (Å²) in [7, 11) is 0. The smallest absolute Gasteiger partial charge is 0.413 e. The van der Waals surface area contributed by atoms with Gasteiger partial charge in [0.2, 0.25) is 6.41 Å². The zero-order chi connectivity index (χ0) is 20.4. The molecule has 156 valence electrons. The summed E-state index contributed by atoms with van der Waals surface area (Å²) in [5, 5.41) is 1.95. The molecular weight excluding hydrogens is 354 g/mol. The van der Waals surface area contributed by atoms with Gasteiger partial charge in [-0.25, -0.2) is 4.79 Å². The number of anilines is 1. The summed E-state index contributed by atoms with van der Waals surface area (Å²) in [5.74, 6) is 0. The number of imide groups is 1. The summed E-state index contributed by atoms with van der Waals surface area (Å²) in [6.07, 6.45) is 5.01. The Bertz CT molecular complexity index is 587. The minimum Gasteiger partial charge on any atom is -0.446 e. The molecule has 0 aromatic heterocycles. The third kappa shape index (κ3) is 7.50. The van der Waals surface area contributed by atoms with Crippen molar-refractivity contribution in [2.24, 2.45) is 0 Å². The van der Waals surface area contributed by atoms with Gasteiger partial charge in [-0.3, -0.25) is 15.0 Å². The third-order valence-electron chi connectivity index (χ3n) is 5.35.